The van der Waals surface area contributed by atoms with E-state index in [9.17, 15) is 26.4 Å². The first-order valence-corrected chi connectivity index (χ1v) is 6.55. The fourth-order valence-electron chi connectivity index (χ4n) is 1.24. The number of carboxylic acid groups (broad SMARTS) is 1. The predicted octanol–water partition coefficient (Wildman–Crippen LogP) is 1.47. The van der Waals surface area contributed by atoms with Gasteiger partial charge in [-0.2, -0.15) is 13.2 Å². The highest BCUT2D eigenvalue weighted by molar-refractivity contribution is 7.89. The number of carbonyl (C=O) groups is 1. The van der Waals surface area contributed by atoms with E-state index in [-0.39, 0.29) is 5.56 Å². The highest BCUT2D eigenvalue weighted by Gasteiger charge is 2.29. The molecule has 0 unspecified atom stereocenters. The van der Waals surface area contributed by atoms with Crippen LogP contribution in [0.1, 0.15) is 15.9 Å². The summed E-state index contributed by atoms with van der Waals surface area (Å²) in [6.07, 6.45) is -4.69. The molecule has 0 saturated carbocycles. The van der Waals surface area contributed by atoms with Gasteiger partial charge >= 0.3 is 12.1 Å². The zero-order valence-corrected chi connectivity index (χ0v) is 10.9. The van der Waals surface area contributed by atoms with Crippen LogP contribution in [0.5, 0.6) is 0 Å². The van der Waals surface area contributed by atoms with E-state index in [4.69, 9.17) is 5.11 Å². The van der Waals surface area contributed by atoms with Gasteiger partial charge in [0.15, 0.2) is 6.61 Å². The lowest BCUT2D eigenvalue weighted by Crippen LogP contribution is -2.29. The van der Waals surface area contributed by atoms with Gasteiger partial charge in [-0.1, -0.05) is 11.0 Å². The first kappa shape index (κ1) is 16.4. The number of benzene rings is 1. The molecule has 0 fully saturated rings. The minimum absolute atomic E-state index is 0.274. The molecule has 0 aliphatic carbocycles. The molecule has 20 heavy (non-hydrogen) atoms. The second-order valence-corrected chi connectivity index (χ2v) is 5.42. The molecule has 10 heteroatoms. The molecule has 0 heterocycles. The van der Waals surface area contributed by atoms with Crippen LogP contribution in [0.4, 0.5) is 13.2 Å². The Morgan fingerprint density at radius 3 is 2.50 bits per heavy atom. The summed E-state index contributed by atoms with van der Waals surface area (Å²) in [5.41, 5.74) is 0.0383. The summed E-state index contributed by atoms with van der Waals surface area (Å²) in [4.78, 5) is 15.5. The Balaban J connectivity index is 2.93. The fraction of sp³-hybridized carbons (Fsp3) is 0.300. The Kier molecular flexibility index (Phi) is 4.73. The topological polar surface area (TPSA) is 92.7 Å². The predicted molar refractivity (Wildman–Crippen MR) is 60.5 cm³/mol. The number of nitrogens with one attached hydrogen (secondary N) is 1. The minimum Gasteiger partial charge on any atom is -0.478 e. The van der Waals surface area contributed by atoms with Crippen LogP contribution in [0.25, 0.3) is 0 Å². The van der Waals surface area contributed by atoms with E-state index >= 15 is 0 Å². The normalized spacial score (nSPS) is 12.4. The van der Waals surface area contributed by atoms with Crippen molar-refractivity contribution in [2.45, 2.75) is 18.0 Å². The van der Waals surface area contributed by atoms with Crippen molar-refractivity contribution in [2.75, 3.05) is 6.61 Å². The van der Waals surface area contributed by atoms with Gasteiger partial charge in [-0.25, -0.2) is 13.2 Å². The van der Waals surface area contributed by atoms with E-state index < -0.39 is 33.7 Å². The van der Waals surface area contributed by atoms with Crippen molar-refractivity contribution in [2.24, 2.45) is 0 Å². The maximum absolute atomic E-state index is 11.8. The molecule has 6 nitrogen and oxygen atoms in total. The average Bonchev–Trinajstić information content (AvgIpc) is 2.26. The smallest absolute Gasteiger partial charge is 0.413 e. The number of hydrogen-bond acceptors (Lipinski definition) is 4. The highest BCUT2D eigenvalue weighted by Crippen LogP contribution is 2.17. The number of halogens is 3. The molecule has 0 bridgehead atoms. The van der Waals surface area contributed by atoms with Crippen LogP contribution < -0.4 is 4.89 Å². The van der Waals surface area contributed by atoms with Crippen molar-refractivity contribution in [1.82, 2.24) is 4.89 Å². The van der Waals surface area contributed by atoms with Crippen molar-refractivity contribution in [1.29, 1.82) is 0 Å². The Bertz CT molecular complexity index is 612. The van der Waals surface area contributed by atoms with Gasteiger partial charge in [-0.15, -0.1) is 0 Å². The summed E-state index contributed by atoms with van der Waals surface area (Å²) < 4.78 is 58.7. The molecule has 1 aromatic carbocycles. The number of carboxylic acids is 1. The second-order valence-electron chi connectivity index (χ2n) is 3.77. The summed E-state index contributed by atoms with van der Waals surface area (Å²) in [6.45, 7) is -0.350. The summed E-state index contributed by atoms with van der Waals surface area (Å²) in [5, 5.41) is 8.84. The van der Waals surface area contributed by atoms with Crippen LogP contribution >= 0.6 is 0 Å². The fourth-order valence-corrected chi connectivity index (χ4v) is 2.07. The van der Waals surface area contributed by atoms with Crippen molar-refractivity contribution in [3.8, 4) is 0 Å². The first-order chi connectivity index (χ1) is 9.03. The lowest BCUT2D eigenvalue weighted by molar-refractivity contribution is -0.181. The van der Waals surface area contributed by atoms with Crippen molar-refractivity contribution in [3.63, 3.8) is 0 Å². The molecule has 0 aromatic heterocycles. The number of aryl methyl sites for hydroxylation is 1. The lowest BCUT2D eigenvalue weighted by Gasteiger charge is -2.10. The third-order valence-corrected chi connectivity index (χ3v) is 3.37. The Labute approximate surface area is 112 Å². The summed E-state index contributed by atoms with van der Waals surface area (Å²) >= 11 is 0. The van der Waals surface area contributed by atoms with Crippen LogP contribution in [0, 0.1) is 6.92 Å². The molecule has 1 aromatic rings. The van der Waals surface area contributed by atoms with Gasteiger partial charge in [0.1, 0.15) is 0 Å². The Hall–Kier alpha value is -1.65. The van der Waals surface area contributed by atoms with Crippen LogP contribution in [0.15, 0.2) is 23.1 Å². The molecular formula is C10H10F3NO5S. The van der Waals surface area contributed by atoms with E-state index in [0.717, 1.165) is 12.1 Å². The molecular weight excluding hydrogens is 303 g/mol. The second kappa shape index (κ2) is 5.77. The number of sulfonamides is 1. The quantitative estimate of drug-likeness (QED) is 0.803. The van der Waals surface area contributed by atoms with Gasteiger partial charge in [-0.3, -0.25) is 4.84 Å². The number of rotatable bonds is 5. The third-order valence-electron chi connectivity index (χ3n) is 2.15. The largest absolute Gasteiger partial charge is 0.478 e. The maximum atomic E-state index is 11.8. The Morgan fingerprint density at radius 1 is 1.40 bits per heavy atom. The van der Waals surface area contributed by atoms with Crippen LogP contribution in [0.2, 0.25) is 0 Å². The van der Waals surface area contributed by atoms with Gasteiger partial charge < -0.3 is 5.11 Å². The third kappa shape index (κ3) is 4.47. The minimum atomic E-state index is -4.69. The molecule has 0 radical (unpaired) electrons. The molecule has 0 spiro atoms. The average molecular weight is 313 g/mol. The van der Waals surface area contributed by atoms with Gasteiger partial charge in [-0.05, 0) is 24.6 Å². The van der Waals surface area contributed by atoms with E-state index in [0.29, 0.717) is 5.56 Å². The monoisotopic (exact) mass is 313 g/mol. The lowest BCUT2D eigenvalue weighted by atomic mass is 10.1. The standard InChI is InChI=1S/C10H10F3NO5S/c1-6-2-3-7(4-8(6)9(15)16)20(17,18)14-19-5-10(11,12)13/h2-4,14H,5H2,1H3,(H,15,16). The SMILES string of the molecule is Cc1ccc(S(=O)(=O)NOCC(F)(F)F)cc1C(=O)O. The summed E-state index contributed by atoms with van der Waals surface area (Å²) in [7, 11) is -4.39. The van der Waals surface area contributed by atoms with E-state index in [1.807, 2.05) is 0 Å². The van der Waals surface area contributed by atoms with Crippen LogP contribution in [-0.4, -0.2) is 32.3 Å². The van der Waals surface area contributed by atoms with Crippen molar-refractivity contribution in [3.05, 3.63) is 29.3 Å². The number of aromatic carboxylic acids is 1. The number of hydrogen-bond donors (Lipinski definition) is 2. The van der Waals surface area contributed by atoms with Crippen molar-refractivity contribution >= 4 is 16.0 Å². The Morgan fingerprint density at radius 2 is 2.00 bits per heavy atom. The molecule has 0 aliphatic heterocycles. The molecule has 0 atom stereocenters. The van der Waals surface area contributed by atoms with E-state index in [2.05, 4.69) is 4.84 Å². The molecule has 112 valence electrons. The summed E-state index contributed by atoms with van der Waals surface area (Å²) in [6, 6.07) is 3.11. The molecule has 2 N–H and O–H groups in total. The van der Waals surface area contributed by atoms with E-state index in [1.165, 1.54) is 17.9 Å². The van der Waals surface area contributed by atoms with Crippen LogP contribution in [-0.2, 0) is 14.9 Å². The molecule has 1 rings (SSSR count). The zero-order valence-electron chi connectivity index (χ0n) is 10.1. The van der Waals surface area contributed by atoms with Gasteiger partial charge in [0.05, 0.1) is 10.5 Å². The number of alkyl halides is 3. The van der Waals surface area contributed by atoms with Gasteiger partial charge in [0.25, 0.3) is 10.0 Å². The zero-order chi connectivity index (χ0) is 15.6. The highest BCUT2D eigenvalue weighted by atomic mass is 32.2. The maximum Gasteiger partial charge on any atom is 0.413 e. The summed E-state index contributed by atoms with van der Waals surface area (Å²) in [5.74, 6) is -1.35. The first-order valence-electron chi connectivity index (χ1n) is 5.07. The van der Waals surface area contributed by atoms with E-state index in [1.54, 1.807) is 0 Å². The van der Waals surface area contributed by atoms with Crippen molar-refractivity contribution < 1.29 is 36.3 Å². The molecule has 0 saturated heterocycles. The molecule has 0 amide bonds. The molecule has 0 aliphatic rings. The van der Waals surface area contributed by atoms with Crippen LogP contribution in [0.3, 0.4) is 0 Å². The van der Waals surface area contributed by atoms with Gasteiger partial charge in [0.2, 0.25) is 0 Å². The van der Waals surface area contributed by atoms with Gasteiger partial charge in [0, 0.05) is 0 Å².